The minimum absolute atomic E-state index is 0.188. The molecule has 0 bridgehead atoms. The Labute approximate surface area is 145 Å². The number of rotatable bonds is 2. The molecule has 4 rings (SSSR count). The number of amides is 1. The summed E-state index contributed by atoms with van der Waals surface area (Å²) in [4.78, 5) is 29.1. The number of anilines is 1. The number of nitrogens with one attached hydrogen (secondary N) is 1. The summed E-state index contributed by atoms with van der Waals surface area (Å²) in [5.74, 6) is -0.00482. The van der Waals surface area contributed by atoms with Crippen molar-refractivity contribution in [3.63, 3.8) is 0 Å². The van der Waals surface area contributed by atoms with Gasteiger partial charge in [-0.1, -0.05) is 0 Å². The average molecular weight is 333 g/mol. The van der Waals surface area contributed by atoms with E-state index in [0.29, 0.717) is 23.3 Å². The Balaban J connectivity index is 1.66. The van der Waals surface area contributed by atoms with Gasteiger partial charge in [-0.2, -0.15) is 0 Å². The van der Waals surface area contributed by atoms with Crippen molar-refractivity contribution in [3.05, 3.63) is 64.6 Å². The lowest BCUT2D eigenvalue weighted by Crippen LogP contribution is -2.15. The molecule has 0 radical (unpaired) electrons. The van der Waals surface area contributed by atoms with Crippen LogP contribution >= 0.6 is 0 Å². The van der Waals surface area contributed by atoms with Crippen molar-refractivity contribution in [2.45, 2.75) is 33.1 Å². The third kappa shape index (κ3) is 2.71. The van der Waals surface area contributed by atoms with E-state index in [2.05, 4.69) is 10.3 Å². The summed E-state index contributed by atoms with van der Waals surface area (Å²) in [7, 11) is 0. The summed E-state index contributed by atoms with van der Waals surface area (Å²) >= 11 is 0. The van der Waals surface area contributed by atoms with Crippen LogP contribution in [0.4, 0.5) is 5.69 Å². The number of nitrogens with zero attached hydrogens (tertiary/aromatic N) is 2. The Morgan fingerprint density at radius 2 is 2.00 bits per heavy atom. The van der Waals surface area contributed by atoms with E-state index >= 15 is 0 Å². The molecule has 0 saturated heterocycles. The maximum absolute atomic E-state index is 12.7. The maximum Gasteiger partial charge on any atom is 0.259 e. The van der Waals surface area contributed by atoms with Crippen molar-refractivity contribution in [2.24, 2.45) is 0 Å². The Morgan fingerprint density at radius 3 is 2.84 bits per heavy atom. The second kappa shape index (κ2) is 5.84. The number of hydrogen-bond acceptors (Lipinski definition) is 3. The third-order valence-electron chi connectivity index (χ3n) is 4.70. The molecule has 3 aromatic rings. The lowest BCUT2D eigenvalue weighted by molar-refractivity contribution is 0.0971. The molecule has 2 heterocycles. The van der Waals surface area contributed by atoms with Crippen molar-refractivity contribution in [1.29, 1.82) is 0 Å². The summed E-state index contributed by atoms with van der Waals surface area (Å²) in [6.45, 7) is 3.91. The lowest BCUT2D eigenvalue weighted by Gasteiger charge is -2.16. The van der Waals surface area contributed by atoms with Crippen LogP contribution in [0, 0.1) is 13.8 Å². The average Bonchev–Trinajstić information content (AvgIpc) is 2.99. The highest BCUT2D eigenvalue weighted by Crippen LogP contribution is 2.25. The number of carbonyl (C=O) groups excluding carboxylic acids is 2. The van der Waals surface area contributed by atoms with Gasteiger partial charge in [-0.25, -0.2) is 4.98 Å². The van der Waals surface area contributed by atoms with Crippen LogP contribution in [0.1, 0.15) is 50.5 Å². The van der Waals surface area contributed by atoms with Crippen molar-refractivity contribution in [1.82, 2.24) is 9.38 Å². The number of fused-ring (bicyclic) bond motifs is 2. The summed E-state index contributed by atoms with van der Waals surface area (Å²) in [6, 6.07) is 9.28. The molecule has 1 aliphatic rings. The molecule has 1 aliphatic carbocycles. The third-order valence-corrected chi connectivity index (χ3v) is 4.70. The van der Waals surface area contributed by atoms with Crippen LogP contribution in [-0.4, -0.2) is 21.1 Å². The predicted octanol–water partition coefficient (Wildman–Crippen LogP) is 3.72. The molecule has 0 spiro atoms. The molecule has 2 aromatic heterocycles. The van der Waals surface area contributed by atoms with E-state index in [4.69, 9.17) is 0 Å². The fourth-order valence-corrected chi connectivity index (χ4v) is 3.49. The van der Waals surface area contributed by atoms with E-state index in [9.17, 15) is 9.59 Å². The van der Waals surface area contributed by atoms with E-state index in [1.54, 1.807) is 12.1 Å². The lowest BCUT2D eigenvalue weighted by atomic mass is 9.90. The zero-order chi connectivity index (χ0) is 17.6. The van der Waals surface area contributed by atoms with Gasteiger partial charge in [-0.3, -0.25) is 9.59 Å². The van der Waals surface area contributed by atoms with Gasteiger partial charge in [0.1, 0.15) is 5.65 Å². The Hall–Kier alpha value is -2.95. The van der Waals surface area contributed by atoms with Gasteiger partial charge in [0.25, 0.3) is 5.91 Å². The molecule has 0 unspecified atom stereocenters. The summed E-state index contributed by atoms with van der Waals surface area (Å²) in [5.41, 5.74) is 5.62. The van der Waals surface area contributed by atoms with Crippen LogP contribution in [0.2, 0.25) is 0 Å². The van der Waals surface area contributed by atoms with Gasteiger partial charge >= 0.3 is 0 Å². The van der Waals surface area contributed by atoms with E-state index < -0.39 is 0 Å². The maximum atomic E-state index is 12.7. The molecule has 0 saturated carbocycles. The quantitative estimate of drug-likeness (QED) is 0.777. The molecule has 5 heteroatoms. The monoisotopic (exact) mass is 333 g/mol. The van der Waals surface area contributed by atoms with Crippen LogP contribution in [0.3, 0.4) is 0 Å². The highest BCUT2D eigenvalue weighted by molar-refractivity contribution is 6.09. The molecule has 1 amide bonds. The molecular formula is C20H19N3O2. The molecule has 25 heavy (non-hydrogen) atoms. The summed E-state index contributed by atoms with van der Waals surface area (Å²) in [6.07, 6.45) is 4.22. The van der Waals surface area contributed by atoms with E-state index in [1.807, 2.05) is 42.6 Å². The predicted molar refractivity (Wildman–Crippen MR) is 96.3 cm³/mol. The Morgan fingerprint density at radius 1 is 1.16 bits per heavy atom. The minimum atomic E-state index is -0.193. The molecule has 1 aromatic carbocycles. The molecular weight excluding hydrogens is 314 g/mol. The fraction of sp³-hybridized carbons (Fsp3) is 0.250. The SMILES string of the molecule is Cc1cc(C)n2ccc(C(=O)Nc3ccc4c(c3)CCCC4=O)c2n1. The number of carbonyl (C=O) groups is 2. The second-order valence-electron chi connectivity index (χ2n) is 6.56. The van der Waals surface area contributed by atoms with Crippen LogP contribution in [-0.2, 0) is 6.42 Å². The number of aromatic nitrogens is 2. The van der Waals surface area contributed by atoms with Crippen molar-refractivity contribution >= 4 is 23.0 Å². The summed E-state index contributed by atoms with van der Waals surface area (Å²) in [5, 5.41) is 2.94. The number of benzene rings is 1. The second-order valence-corrected chi connectivity index (χ2v) is 6.56. The molecule has 0 aliphatic heterocycles. The van der Waals surface area contributed by atoms with Gasteiger partial charge < -0.3 is 9.72 Å². The van der Waals surface area contributed by atoms with Gasteiger partial charge in [-0.15, -0.1) is 0 Å². The Bertz CT molecular complexity index is 1020. The normalized spacial score (nSPS) is 13.8. The van der Waals surface area contributed by atoms with Crippen LogP contribution in [0.15, 0.2) is 36.5 Å². The van der Waals surface area contributed by atoms with Gasteiger partial charge in [0.05, 0.1) is 5.56 Å². The molecule has 1 N–H and O–H groups in total. The highest BCUT2D eigenvalue weighted by Gasteiger charge is 2.19. The molecule has 126 valence electrons. The number of hydrogen-bond donors (Lipinski definition) is 1. The number of aryl methyl sites for hydroxylation is 3. The van der Waals surface area contributed by atoms with E-state index in [1.165, 1.54) is 0 Å². The van der Waals surface area contributed by atoms with Crippen LogP contribution < -0.4 is 5.32 Å². The van der Waals surface area contributed by atoms with Gasteiger partial charge in [0.15, 0.2) is 5.78 Å². The first kappa shape index (κ1) is 15.6. The largest absolute Gasteiger partial charge is 0.322 e. The first-order chi connectivity index (χ1) is 12.0. The van der Waals surface area contributed by atoms with Crippen LogP contribution in [0.25, 0.3) is 5.65 Å². The topological polar surface area (TPSA) is 63.5 Å². The van der Waals surface area contributed by atoms with Gasteiger partial charge in [0.2, 0.25) is 0 Å². The molecule has 0 atom stereocenters. The zero-order valence-electron chi connectivity index (χ0n) is 14.3. The van der Waals surface area contributed by atoms with E-state index in [-0.39, 0.29) is 11.7 Å². The van der Waals surface area contributed by atoms with E-state index in [0.717, 1.165) is 35.4 Å². The first-order valence-corrected chi connectivity index (χ1v) is 8.46. The zero-order valence-corrected chi connectivity index (χ0v) is 14.3. The van der Waals surface area contributed by atoms with Crippen LogP contribution in [0.5, 0.6) is 0 Å². The smallest absolute Gasteiger partial charge is 0.259 e. The first-order valence-electron chi connectivity index (χ1n) is 8.46. The molecule has 5 nitrogen and oxygen atoms in total. The Kier molecular flexibility index (Phi) is 3.64. The number of Topliss-reactive ketones (excluding diaryl/α,β-unsaturated/α-hetero) is 1. The highest BCUT2D eigenvalue weighted by atomic mass is 16.1. The minimum Gasteiger partial charge on any atom is -0.322 e. The molecule has 0 fully saturated rings. The fourth-order valence-electron chi connectivity index (χ4n) is 3.49. The van der Waals surface area contributed by atoms with Crippen molar-refractivity contribution < 1.29 is 9.59 Å². The van der Waals surface area contributed by atoms with Gasteiger partial charge in [-0.05, 0) is 62.6 Å². The van der Waals surface area contributed by atoms with Gasteiger partial charge in [0, 0.05) is 35.3 Å². The van der Waals surface area contributed by atoms with Crippen molar-refractivity contribution in [2.75, 3.05) is 5.32 Å². The summed E-state index contributed by atoms with van der Waals surface area (Å²) < 4.78 is 1.91. The standard InChI is InChI=1S/C20H19N3O2/c1-12-10-13(2)23-9-8-17(19(23)21-12)20(25)22-15-6-7-16-14(11-15)4-3-5-18(16)24/h6-11H,3-5H2,1-2H3,(H,22,25). The number of ketones is 1. The van der Waals surface area contributed by atoms with Crippen molar-refractivity contribution in [3.8, 4) is 0 Å².